The number of carbonyl (C=O) groups is 3. The van der Waals surface area contributed by atoms with Crippen LogP contribution in [0.15, 0.2) is 12.1 Å². The molecule has 1 aromatic rings. The first kappa shape index (κ1) is 31.1. The molecule has 37 heavy (non-hydrogen) atoms. The van der Waals surface area contributed by atoms with Crippen molar-refractivity contribution in [3.63, 3.8) is 0 Å². The third kappa shape index (κ3) is 7.94. The molecule has 2 rings (SSSR count). The number of anilines is 1. The molecule has 1 saturated heterocycles. The van der Waals surface area contributed by atoms with Crippen molar-refractivity contribution in [1.29, 1.82) is 0 Å². The molecule has 0 spiro atoms. The number of benzene rings is 1. The fourth-order valence-electron chi connectivity index (χ4n) is 4.96. The lowest BCUT2D eigenvalue weighted by atomic mass is 9.91. The zero-order chi connectivity index (χ0) is 27.6. The van der Waals surface area contributed by atoms with Crippen LogP contribution in [0.3, 0.4) is 0 Å². The highest BCUT2D eigenvalue weighted by Crippen LogP contribution is 2.32. The highest BCUT2D eigenvalue weighted by molar-refractivity contribution is 7.80. The van der Waals surface area contributed by atoms with E-state index in [1.165, 1.54) is 0 Å². The van der Waals surface area contributed by atoms with Crippen LogP contribution in [0.2, 0.25) is 0 Å². The maximum Gasteiger partial charge on any atom is 0.293 e. The van der Waals surface area contributed by atoms with Crippen LogP contribution in [0.25, 0.3) is 0 Å². The number of nitrogens with zero attached hydrogens (tertiary/aromatic N) is 2. The van der Waals surface area contributed by atoms with Gasteiger partial charge in [-0.15, -0.1) is 0 Å². The van der Waals surface area contributed by atoms with Crippen LogP contribution in [-0.4, -0.2) is 81.0 Å². The number of carbonyl (C=O) groups excluding carboxylic acids is 3. The van der Waals surface area contributed by atoms with Gasteiger partial charge in [0, 0.05) is 55.9 Å². The van der Waals surface area contributed by atoms with Crippen molar-refractivity contribution in [2.75, 3.05) is 50.6 Å². The summed E-state index contributed by atoms with van der Waals surface area (Å²) in [4.78, 5) is 42.5. The van der Waals surface area contributed by atoms with Gasteiger partial charge in [0.25, 0.3) is 12.4 Å². The Kier molecular flexibility index (Phi) is 12.4. The largest absolute Gasteiger partial charge is 0.467 e. The number of amides is 2. The van der Waals surface area contributed by atoms with Gasteiger partial charge in [-0.2, -0.15) is 12.6 Å². The molecule has 1 aliphatic rings. The minimum absolute atomic E-state index is 0.0181. The van der Waals surface area contributed by atoms with Crippen LogP contribution in [0.4, 0.5) is 5.69 Å². The van der Waals surface area contributed by atoms with Crippen LogP contribution in [0.1, 0.15) is 67.9 Å². The van der Waals surface area contributed by atoms with E-state index in [0.717, 1.165) is 49.9 Å². The summed E-state index contributed by atoms with van der Waals surface area (Å²) >= 11 is 4.42. The van der Waals surface area contributed by atoms with E-state index in [9.17, 15) is 14.4 Å². The first-order valence-electron chi connectivity index (χ1n) is 13.2. The second-order valence-electron chi connectivity index (χ2n) is 10.5. The summed E-state index contributed by atoms with van der Waals surface area (Å²) in [6.07, 6.45) is 3.51. The summed E-state index contributed by atoms with van der Waals surface area (Å²) in [5.41, 5.74) is 2.08. The SMILES string of the molecule is COCCCCN(C(=O)C(C)(CS)COC=O)c1cc(C(=O)N(C(C)C)C2CCCNC2)c(C)cc1C. The molecular formula is C28H45N3O5S. The first-order chi connectivity index (χ1) is 17.6. The van der Waals surface area contributed by atoms with E-state index in [1.54, 1.807) is 18.9 Å². The maximum atomic E-state index is 14.0. The van der Waals surface area contributed by atoms with Gasteiger partial charge >= 0.3 is 0 Å². The molecule has 2 atom stereocenters. The molecule has 2 amide bonds. The summed E-state index contributed by atoms with van der Waals surface area (Å²) in [7, 11) is 1.65. The molecule has 1 fully saturated rings. The third-order valence-electron chi connectivity index (χ3n) is 7.08. The van der Waals surface area contributed by atoms with Gasteiger partial charge in [0.15, 0.2) is 0 Å². The third-order valence-corrected chi connectivity index (χ3v) is 7.78. The Morgan fingerprint density at radius 3 is 2.54 bits per heavy atom. The van der Waals surface area contributed by atoms with Crippen LogP contribution < -0.4 is 10.2 Å². The second-order valence-corrected chi connectivity index (χ2v) is 10.9. The normalized spacial score (nSPS) is 17.2. The van der Waals surface area contributed by atoms with E-state index in [4.69, 9.17) is 9.47 Å². The lowest BCUT2D eigenvalue weighted by Crippen LogP contribution is -2.51. The molecule has 0 radical (unpaired) electrons. The Morgan fingerprint density at radius 1 is 1.24 bits per heavy atom. The zero-order valence-electron chi connectivity index (χ0n) is 23.3. The highest BCUT2D eigenvalue weighted by Gasteiger charge is 2.38. The van der Waals surface area contributed by atoms with Gasteiger partial charge < -0.3 is 24.6 Å². The number of ether oxygens (including phenoxy) is 2. The van der Waals surface area contributed by atoms with Crippen molar-refractivity contribution >= 4 is 36.6 Å². The number of nitrogens with one attached hydrogen (secondary N) is 1. The number of unbranched alkanes of at least 4 members (excludes halogenated alkanes) is 1. The first-order valence-corrected chi connectivity index (χ1v) is 13.9. The van der Waals surface area contributed by atoms with Gasteiger partial charge in [-0.05, 0) is 84.0 Å². The van der Waals surface area contributed by atoms with Gasteiger partial charge in [0.2, 0.25) is 5.91 Å². The molecule has 2 unspecified atom stereocenters. The fourth-order valence-corrected chi connectivity index (χ4v) is 5.19. The minimum Gasteiger partial charge on any atom is -0.467 e. The van der Waals surface area contributed by atoms with Gasteiger partial charge in [0.1, 0.15) is 6.61 Å². The number of hydrogen-bond acceptors (Lipinski definition) is 7. The van der Waals surface area contributed by atoms with Gasteiger partial charge in [-0.3, -0.25) is 14.4 Å². The van der Waals surface area contributed by atoms with E-state index in [1.807, 2.05) is 44.7 Å². The average Bonchev–Trinajstić information content (AvgIpc) is 2.88. The van der Waals surface area contributed by atoms with E-state index in [-0.39, 0.29) is 36.3 Å². The Hall–Kier alpha value is -2.10. The minimum atomic E-state index is -1.01. The van der Waals surface area contributed by atoms with Crippen molar-refractivity contribution in [1.82, 2.24) is 10.2 Å². The standard InChI is InChI=1S/C28H45N3O5S/c1-20(2)31(23-10-9-11-29-16-23)26(33)24-15-25(22(4)14-21(24)3)30(12-7-8-13-35-6)27(34)28(5,18-37)17-36-19-32/h14-15,19-20,23,29,37H,7-13,16-18H2,1-6H3. The Balaban J connectivity index is 2.52. The van der Waals surface area contributed by atoms with Crippen LogP contribution >= 0.6 is 12.6 Å². The van der Waals surface area contributed by atoms with Crippen LogP contribution in [-0.2, 0) is 19.1 Å². The Bertz CT molecular complexity index is 919. The molecular weight excluding hydrogens is 490 g/mol. The zero-order valence-corrected chi connectivity index (χ0v) is 24.2. The molecule has 0 saturated carbocycles. The van der Waals surface area contributed by atoms with Crippen molar-refractivity contribution in [3.8, 4) is 0 Å². The number of rotatable bonds is 14. The molecule has 208 valence electrons. The van der Waals surface area contributed by atoms with Crippen molar-refractivity contribution < 1.29 is 23.9 Å². The predicted octanol–water partition coefficient (Wildman–Crippen LogP) is 3.77. The number of hydrogen-bond donors (Lipinski definition) is 2. The molecule has 1 aromatic carbocycles. The lowest BCUT2D eigenvalue weighted by Gasteiger charge is -2.38. The van der Waals surface area contributed by atoms with E-state index in [0.29, 0.717) is 30.9 Å². The number of thiol groups is 1. The van der Waals surface area contributed by atoms with Gasteiger partial charge in [-0.25, -0.2) is 0 Å². The quantitative estimate of drug-likeness (QED) is 0.214. The summed E-state index contributed by atoms with van der Waals surface area (Å²) < 4.78 is 10.2. The van der Waals surface area contributed by atoms with Gasteiger partial charge in [0.05, 0.1) is 5.41 Å². The number of piperidine rings is 1. The fraction of sp³-hybridized carbons (Fsp3) is 0.679. The summed E-state index contributed by atoms with van der Waals surface area (Å²) in [6, 6.07) is 4.02. The number of aryl methyl sites for hydroxylation is 2. The topological polar surface area (TPSA) is 88.2 Å². The van der Waals surface area contributed by atoms with E-state index >= 15 is 0 Å². The molecule has 1 aliphatic heterocycles. The predicted molar refractivity (Wildman–Crippen MR) is 151 cm³/mol. The van der Waals surface area contributed by atoms with Crippen molar-refractivity contribution in [2.24, 2.45) is 5.41 Å². The van der Waals surface area contributed by atoms with E-state index < -0.39 is 5.41 Å². The van der Waals surface area contributed by atoms with Crippen LogP contribution in [0.5, 0.6) is 0 Å². The van der Waals surface area contributed by atoms with Crippen molar-refractivity contribution in [3.05, 3.63) is 28.8 Å². The highest BCUT2D eigenvalue weighted by atomic mass is 32.1. The summed E-state index contributed by atoms with van der Waals surface area (Å²) in [6.45, 7) is 12.8. The molecule has 1 heterocycles. The Labute approximate surface area is 227 Å². The molecule has 0 bridgehead atoms. The molecule has 9 heteroatoms. The number of methoxy groups -OCH3 is 1. The van der Waals surface area contributed by atoms with Gasteiger partial charge in [-0.1, -0.05) is 6.07 Å². The van der Waals surface area contributed by atoms with E-state index in [2.05, 4.69) is 17.9 Å². The van der Waals surface area contributed by atoms with Crippen molar-refractivity contribution in [2.45, 2.75) is 72.4 Å². The monoisotopic (exact) mass is 535 g/mol. The molecule has 0 aliphatic carbocycles. The molecule has 1 N–H and O–H groups in total. The molecule has 0 aromatic heterocycles. The smallest absolute Gasteiger partial charge is 0.293 e. The summed E-state index contributed by atoms with van der Waals surface area (Å²) in [5.74, 6) is 0.000550. The average molecular weight is 536 g/mol. The maximum absolute atomic E-state index is 14.0. The van der Waals surface area contributed by atoms with Crippen LogP contribution in [0, 0.1) is 19.3 Å². The summed E-state index contributed by atoms with van der Waals surface area (Å²) in [5, 5.41) is 3.42. The lowest BCUT2D eigenvalue weighted by molar-refractivity contribution is -0.137. The molecule has 8 nitrogen and oxygen atoms in total. The second kappa shape index (κ2) is 14.7. The Morgan fingerprint density at radius 2 is 1.97 bits per heavy atom.